The van der Waals surface area contributed by atoms with Crippen LogP contribution in [0.4, 0.5) is 11.8 Å². The summed E-state index contributed by atoms with van der Waals surface area (Å²) in [4.78, 5) is 12.8. The normalized spacial score (nSPS) is 21.2. The molecule has 12 heteroatoms. The number of hydrogen-bond acceptors (Lipinski definition) is 11. The highest BCUT2D eigenvalue weighted by atomic mass is 16.6. The van der Waals surface area contributed by atoms with Crippen LogP contribution in [-0.4, -0.2) is 72.9 Å². The Balaban J connectivity index is 1.40. The van der Waals surface area contributed by atoms with Crippen LogP contribution in [0.15, 0.2) is 54.9 Å². The predicted octanol–water partition coefficient (Wildman–Crippen LogP) is 1.03. The van der Waals surface area contributed by atoms with E-state index in [9.17, 15) is 15.3 Å². The van der Waals surface area contributed by atoms with Gasteiger partial charge < -0.3 is 41.6 Å². The fourth-order valence-electron chi connectivity index (χ4n) is 4.47. The van der Waals surface area contributed by atoms with Gasteiger partial charge in [0.1, 0.15) is 30.4 Å². The maximum atomic E-state index is 10.7. The van der Waals surface area contributed by atoms with E-state index in [-0.39, 0.29) is 5.82 Å². The Morgan fingerprint density at radius 2 is 1.84 bits per heavy atom. The highest BCUT2D eigenvalue weighted by molar-refractivity contribution is 5.84. The lowest BCUT2D eigenvalue weighted by molar-refractivity contribution is -0.0501. The summed E-state index contributed by atoms with van der Waals surface area (Å²) in [5.74, 6) is 1.27. The fourth-order valence-corrected chi connectivity index (χ4v) is 4.47. The van der Waals surface area contributed by atoms with E-state index in [1.165, 1.54) is 10.9 Å². The van der Waals surface area contributed by atoms with E-state index in [1.54, 1.807) is 0 Å². The van der Waals surface area contributed by atoms with Gasteiger partial charge in [0.2, 0.25) is 5.95 Å². The van der Waals surface area contributed by atoms with Gasteiger partial charge in [-0.2, -0.15) is 0 Å². The van der Waals surface area contributed by atoms with Gasteiger partial charge in [0.05, 0.1) is 13.2 Å². The van der Waals surface area contributed by atoms with Crippen LogP contribution in [0.3, 0.4) is 0 Å². The molecule has 1 aliphatic rings. The predicted molar refractivity (Wildman–Crippen MR) is 141 cm³/mol. The first-order chi connectivity index (χ1) is 18.5. The third-order valence-electron chi connectivity index (χ3n) is 6.44. The van der Waals surface area contributed by atoms with E-state index in [0.29, 0.717) is 36.8 Å². The molecule has 0 spiro atoms. The van der Waals surface area contributed by atoms with Gasteiger partial charge in [0.25, 0.3) is 0 Å². The molecule has 1 fully saturated rings. The number of hydrogen-bond donors (Lipinski definition) is 6. The average Bonchev–Trinajstić information content (AvgIpc) is 3.45. The average molecular weight is 522 g/mol. The number of ether oxygens (including phenoxy) is 2. The molecule has 8 N–H and O–H groups in total. The van der Waals surface area contributed by atoms with Gasteiger partial charge in [-0.05, 0) is 47.9 Å². The largest absolute Gasteiger partial charge is 0.494 e. The Kier molecular flexibility index (Phi) is 7.67. The molecule has 0 saturated carbocycles. The van der Waals surface area contributed by atoms with E-state index >= 15 is 0 Å². The van der Waals surface area contributed by atoms with Crippen molar-refractivity contribution in [2.75, 3.05) is 30.8 Å². The smallest absolute Gasteiger partial charge is 0.207 e. The second-order valence-electron chi connectivity index (χ2n) is 9.04. The second-order valence-corrected chi connectivity index (χ2v) is 9.04. The van der Waals surface area contributed by atoms with Crippen molar-refractivity contribution in [1.82, 2.24) is 19.5 Å². The van der Waals surface area contributed by atoms with Gasteiger partial charge >= 0.3 is 0 Å². The summed E-state index contributed by atoms with van der Waals surface area (Å²) >= 11 is 0. The van der Waals surface area contributed by atoms with Crippen LogP contribution in [-0.2, 0) is 11.3 Å². The number of nitrogens with two attached hydrogens (primary N) is 2. The maximum absolute atomic E-state index is 10.7. The Morgan fingerprint density at radius 3 is 2.61 bits per heavy atom. The Bertz CT molecular complexity index is 1400. The van der Waals surface area contributed by atoms with Crippen LogP contribution in [0.5, 0.6) is 5.75 Å². The molecular weight excluding hydrogens is 490 g/mol. The lowest BCUT2D eigenvalue weighted by Crippen LogP contribution is -2.33. The summed E-state index contributed by atoms with van der Waals surface area (Å²) in [5.41, 5.74) is 15.2. The van der Waals surface area contributed by atoms with Crippen LogP contribution in [0.25, 0.3) is 22.3 Å². The molecule has 200 valence electrons. The summed E-state index contributed by atoms with van der Waals surface area (Å²) in [6.07, 6.45) is -2.51. The topological polar surface area (TPSA) is 187 Å². The molecule has 0 radical (unpaired) electrons. The molecule has 0 unspecified atom stereocenters. The van der Waals surface area contributed by atoms with Crippen molar-refractivity contribution in [2.45, 2.75) is 37.5 Å². The first-order valence-electron chi connectivity index (χ1n) is 12.4. The van der Waals surface area contributed by atoms with Gasteiger partial charge in [0, 0.05) is 6.54 Å². The Morgan fingerprint density at radius 1 is 1.05 bits per heavy atom. The van der Waals surface area contributed by atoms with Gasteiger partial charge in [-0.25, -0.2) is 15.0 Å². The summed E-state index contributed by atoms with van der Waals surface area (Å²) in [7, 11) is 0. The lowest BCUT2D eigenvalue weighted by atomic mass is 10.0. The van der Waals surface area contributed by atoms with E-state index in [4.69, 9.17) is 20.9 Å². The third-order valence-corrected chi connectivity index (χ3v) is 6.44. The number of nitrogens with one attached hydrogen (secondary N) is 1. The second kappa shape index (κ2) is 11.3. The minimum absolute atomic E-state index is 0.166. The number of aromatic nitrogens is 4. The molecule has 4 aromatic rings. The van der Waals surface area contributed by atoms with Gasteiger partial charge in [-0.3, -0.25) is 4.57 Å². The first kappa shape index (κ1) is 25.8. The maximum Gasteiger partial charge on any atom is 0.207 e. The summed E-state index contributed by atoms with van der Waals surface area (Å²) in [6.45, 7) is 1.07. The van der Waals surface area contributed by atoms with Crippen molar-refractivity contribution in [1.29, 1.82) is 0 Å². The highest BCUT2D eigenvalue weighted by Crippen LogP contribution is 2.35. The zero-order valence-electron chi connectivity index (χ0n) is 20.6. The zero-order chi connectivity index (χ0) is 26.6. The van der Waals surface area contributed by atoms with Crippen molar-refractivity contribution in [3.8, 4) is 16.9 Å². The molecular formula is C26H31N7O5. The number of nitrogen functional groups attached to an aromatic ring is 1. The minimum atomic E-state index is -1.32. The third kappa shape index (κ3) is 5.12. The van der Waals surface area contributed by atoms with Crippen molar-refractivity contribution >= 4 is 22.9 Å². The lowest BCUT2D eigenvalue weighted by Gasteiger charge is -2.19. The standard InChI is InChI=1S/C26H31N7O5/c27-8-3-9-37-18-7-2-6-17(11-18)16-5-1-4-15(10-16)12-29-26-32-20-23(28)30-14-31-24(20)33(26)25-22(36)21(35)19(13-34)38-25/h1-2,4-7,10-11,14,19,21-22,25,34-36H,3,8-9,12-13,27H2,(H,29,32)(H2,28,30,31)/t19-,21-,22-,25-/m1/s1. The number of aliphatic hydroxyl groups excluding tert-OH is 3. The Labute approximate surface area is 218 Å². The van der Waals surface area contributed by atoms with Crippen molar-refractivity contribution in [2.24, 2.45) is 5.73 Å². The number of rotatable bonds is 10. The molecule has 0 aliphatic carbocycles. The van der Waals surface area contributed by atoms with Crippen LogP contribution in [0, 0.1) is 0 Å². The van der Waals surface area contributed by atoms with E-state index < -0.39 is 31.1 Å². The SMILES string of the molecule is NCCCOc1cccc(-c2cccc(CNc3nc4c(N)ncnc4n3[C@@H]3O[C@H](CO)[C@@H](O)[C@H]3O)c2)c1. The number of anilines is 2. The van der Waals surface area contributed by atoms with Crippen LogP contribution < -0.4 is 21.5 Å². The van der Waals surface area contributed by atoms with Crippen LogP contribution in [0.2, 0.25) is 0 Å². The molecule has 2 aromatic carbocycles. The first-order valence-corrected chi connectivity index (χ1v) is 12.4. The fraction of sp³-hybridized carbons (Fsp3) is 0.346. The number of fused-ring (bicyclic) bond motifs is 1. The molecule has 0 amide bonds. The molecule has 0 bridgehead atoms. The van der Waals surface area contributed by atoms with Crippen molar-refractivity contribution < 1.29 is 24.8 Å². The van der Waals surface area contributed by atoms with Crippen LogP contribution in [0.1, 0.15) is 18.2 Å². The summed E-state index contributed by atoms with van der Waals surface area (Å²) < 4.78 is 13.1. The van der Waals surface area contributed by atoms with Crippen molar-refractivity contribution in [3.05, 3.63) is 60.4 Å². The molecule has 5 rings (SSSR count). The molecule has 1 aliphatic heterocycles. The minimum Gasteiger partial charge on any atom is -0.494 e. The van der Waals surface area contributed by atoms with Gasteiger partial charge in [0.15, 0.2) is 23.2 Å². The summed E-state index contributed by atoms with van der Waals surface area (Å²) in [6, 6.07) is 15.9. The monoisotopic (exact) mass is 521 g/mol. The van der Waals surface area contributed by atoms with Crippen LogP contribution >= 0.6 is 0 Å². The highest BCUT2D eigenvalue weighted by Gasteiger charge is 2.45. The number of nitrogens with zero attached hydrogens (tertiary/aromatic N) is 4. The molecule has 3 heterocycles. The molecule has 38 heavy (non-hydrogen) atoms. The van der Waals surface area contributed by atoms with Crippen molar-refractivity contribution in [3.63, 3.8) is 0 Å². The van der Waals surface area contributed by atoms with E-state index in [0.717, 1.165) is 28.9 Å². The number of aliphatic hydroxyl groups is 3. The van der Waals surface area contributed by atoms with Gasteiger partial charge in [-0.1, -0.05) is 30.3 Å². The molecule has 1 saturated heterocycles. The van der Waals surface area contributed by atoms with E-state index in [2.05, 4.69) is 26.3 Å². The van der Waals surface area contributed by atoms with E-state index in [1.807, 2.05) is 42.5 Å². The van der Waals surface area contributed by atoms with Gasteiger partial charge in [-0.15, -0.1) is 0 Å². The zero-order valence-corrected chi connectivity index (χ0v) is 20.6. The number of imidazole rings is 1. The molecule has 4 atom stereocenters. The molecule has 12 nitrogen and oxygen atoms in total. The summed E-state index contributed by atoms with van der Waals surface area (Å²) in [5, 5.41) is 33.8. The quantitative estimate of drug-likeness (QED) is 0.164. The Hall–Kier alpha value is -3.81. The molecule has 2 aromatic heterocycles. The number of benzene rings is 2.